The van der Waals surface area contributed by atoms with E-state index in [9.17, 15) is 4.79 Å². The molecule has 90 valence electrons. The van der Waals surface area contributed by atoms with Crippen molar-refractivity contribution in [2.45, 2.75) is 20.4 Å². The molecular formula is C14H13N3O. The van der Waals surface area contributed by atoms with E-state index in [0.717, 1.165) is 5.56 Å². The van der Waals surface area contributed by atoms with Crippen LogP contribution in [0.2, 0.25) is 0 Å². The Morgan fingerprint density at radius 1 is 1.28 bits per heavy atom. The van der Waals surface area contributed by atoms with Crippen molar-refractivity contribution in [2.24, 2.45) is 0 Å². The minimum absolute atomic E-state index is 0.179. The molecule has 0 bridgehead atoms. The standard InChI is InChI=1S/C14H13N3O/c1-10-11(2)16-17(14(18)13(10)8-15)9-12-6-4-3-5-7-12/h3-7H,9H2,1-2H3. The molecule has 1 aromatic heterocycles. The summed E-state index contributed by atoms with van der Waals surface area (Å²) in [5.74, 6) is 0. The lowest BCUT2D eigenvalue weighted by molar-refractivity contribution is 0.622. The van der Waals surface area contributed by atoms with Gasteiger partial charge in [-0.25, -0.2) is 4.68 Å². The second kappa shape index (κ2) is 4.84. The average Bonchev–Trinajstić information content (AvgIpc) is 2.38. The third-order valence-electron chi connectivity index (χ3n) is 2.92. The summed E-state index contributed by atoms with van der Waals surface area (Å²) in [6.45, 7) is 3.93. The highest BCUT2D eigenvalue weighted by atomic mass is 16.1. The summed E-state index contributed by atoms with van der Waals surface area (Å²) < 4.78 is 1.34. The van der Waals surface area contributed by atoms with E-state index in [1.807, 2.05) is 36.4 Å². The monoisotopic (exact) mass is 239 g/mol. The van der Waals surface area contributed by atoms with Gasteiger partial charge in [0.2, 0.25) is 0 Å². The molecule has 0 spiro atoms. The van der Waals surface area contributed by atoms with Gasteiger partial charge >= 0.3 is 0 Å². The van der Waals surface area contributed by atoms with Gasteiger partial charge in [0.1, 0.15) is 11.6 Å². The van der Waals surface area contributed by atoms with E-state index in [1.54, 1.807) is 13.8 Å². The number of hydrogen-bond acceptors (Lipinski definition) is 3. The van der Waals surface area contributed by atoms with E-state index in [0.29, 0.717) is 17.8 Å². The molecule has 4 heteroatoms. The number of benzene rings is 1. The van der Waals surface area contributed by atoms with Gasteiger partial charge in [0.05, 0.1) is 12.2 Å². The lowest BCUT2D eigenvalue weighted by atomic mass is 10.1. The van der Waals surface area contributed by atoms with Crippen LogP contribution < -0.4 is 5.56 Å². The van der Waals surface area contributed by atoms with Gasteiger partial charge < -0.3 is 0 Å². The summed E-state index contributed by atoms with van der Waals surface area (Å²) in [6.07, 6.45) is 0. The first-order valence-electron chi connectivity index (χ1n) is 5.66. The summed E-state index contributed by atoms with van der Waals surface area (Å²) in [5.41, 5.74) is 2.20. The van der Waals surface area contributed by atoms with Crippen LogP contribution in [-0.4, -0.2) is 9.78 Å². The van der Waals surface area contributed by atoms with Gasteiger partial charge in [0.15, 0.2) is 0 Å². The first kappa shape index (κ1) is 12.1. The van der Waals surface area contributed by atoms with E-state index < -0.39 is 0 Å². The predicted octanol–water partition coefficient (Wildman–Crippen LogP) is 1.78. The molecule has 1 aromatic carbocycles. The fourth-order valence-electron chi connectivity index (χ4n) is 1.77. The van der Waals surface area contributed by atoms with Crippen LogP contribution >= 0.6 is 0 Å². The van der Waals surface area contributed by atoms with Crippen LogP contribution in [0.1, 0.15) is 22.4 Å². The first-order chi connectivity index (χ1) is 8.63. The summed E-state index contributed by atoms with van der Waals surface area (Å²) in [6, 6.07) is 11.5. The van der Waals surface area contributed by atoms with Crippen molar-refractivity contribution in [2.75, 3.05) is 0 Å². The molecule has 0 radical (unpaired) electrons. The average molecular weight is 239 g/mol. The fraction of sp³-hybridized carbons (Fsp3) is 0.214. The molecule has 0 N–H and O–H groups in total. The van der Waals surface area contributed by atoms with Crippen molar-refractivity contribution in [3.63, 3.8) is 0 Å². The number of nitriles is 1. The lowest BCUT2D eigenvalue weighted by Gasteiger charge is -2.08. The molecule has 4 nitrogen and oxygen atoms in total. The zero-order chi connectivity index (χ0) is 13.1. The van der Waals surface area contributed by atoms with Crippen LogP contribution in [0.15, 0.2) is 35.1 Å². The maximum Gasteiger partial charge on any atom is 0.285 e. The molecule has 0 aliphatic heterocycles. The summed E-state index contributed by atoms with van der Waals surface area (Å²) in [4.78, 5) is 12.1. The number of nitrogens with zero attached hydrogens (tertiary/aromatic N) is 3. The lowest BCUT2D eigenvalue weighted by Crippen LogP contribution is -2.27. The number of aryl methyl sites for hydroxylation is 1. The SMILES string of the molecule is Cc1nn(Cc2ccccc2)c(=O)c(C#N)c1C. The molecule has 0 aliphatic carbocycles. The molecule has 1 heterocycles. The highest BCUT2D eigenvalue weighted by molar-refractivity contribution is 5.36. The summed E-state index contributed by atoms with van der Waals surface area (Å²) in [7, 11) is 0. The second-order valence-electron chi connectivity index (χ2n) is 4.15. The molecular weight excluding hydrogens is 226 g/mol. The predicted molar refractivity (Wildman–Crippen MR) is 68.2 cm³/mol. The van der Waals surface area contributed by atoms with Crippen LogP contribution in [0.3, 0.4) is 0 Å². The van der Waals surface area contributed by atoms with Crippen molar-refractivity contribution in [1.29, 1.82) is 5.26 Å². The largest absolute Gasteiger partial charge is 0.285 e. The van der Waals surface area contributed by atoms with Gasteiger partial charge in [-0.05, 0) is 25.0 Å². The van der Waals surface area contributed by atoms with Gasteiger partial charge in [0.25, 0.3) is 5.56 Å². The molecule has 0 atom stereocenters. The van der Waals surface area contributed by atoms with Crippen LogP contribution in [-0.2, 0) is 6.54 Å². The molecule has 0 amide bonds. The number of rotatable bonds is 2. The van der Waals surface area contributed by atoms with Gasteiger partial charge in [-0.2, -0.15) is 10.4 Å². The third kappa shape index (κ3) is 2.16. The molecule has 2 rings (SSSR count). The van der Waals surface area contributed by atoms with Crippen LogP contribution in [0, 0.1) is 25.2 Å². The van der Waals surface area contributed by atoms with E-state index in [1.165, 1.54) is 4.68 Å². The van der Waals surface area contributed by atoms with Gasteiger partial charge in [-0.3, -0.25) is 4.79 Å². The zero-order valence-corrected chi connectivity index (χ0v) is 10.3. The normalized spacial score (nSPS) is 10.1. The summed E-state index contributed by atoms with van der Waals surface area (Å²) in [5, 5.41) is 13.3. The Balaban J connectivity index is 2.51. The van der Waals surface area contributed by atoms with E-state index >= 15 is 0 Å². The Hall–Kier alpha value is -2.41. The second-order valence-corrected chi connectivity index (χ2v) is 4.15. The molecule has 0 saturated heterocycles. The Kier molecular flexibility index (Phi) is 3.24. The zero-order valence-electron chi connectivity index (χ0n) is 10.3. The van der Waals surface area contributed by atoms with Crippen molar-refractivity contribution in [1.82, 2.24) is 9.78 Å². The quantitative estimate of drug-likeness (QED) is 0.802. The minimum Gasteiger partial charge on any atom is -0.266 e. The van der Waals surface area contributed by atoms with Crippen molar-refractivity contribution < 1.29 is 0 Å². The van der Waals surface area contributed by atoms with E-state index in [2.05, 4.69) is 5.10 Å². The molecule has 0 fully saturated rings. The smallest absolute Gasteiger partial charge is 0.266 e. The van der Waals surface area contributed by atoms with E-state index in [-0.39, 0.29) is 11.1 Å². The van der Waals surface area contributed by atoms with Crippen molar-refractivity contribution >= 4 is 0 Å². The maximum absolute atomic E-state index is 12.1. The van der Waals surface area contributed by atoms with Crippen LogP contribution in [0.25, 0.3) is 0 Å². The van der Waals surface area contributed by atoms with Gasteiger partial charge in [-0.1, -0.05) is 30.3 Å². The summed E-state index contributed by atoms with van der Waals surface area (Å²) >= 11 is 0. The molecule has 2 aromatic rings. The highest BCUT2D eigenvalue weighted by Gasteiger charge is 2.11. The number of aromatic nitrogens is 2. The highest BCUT2D eigenvalue weighted by Crippen LogP contribution is 2.06. The molecule has 0 saturated carbocycles. The van der Waals surface area contributed by atoms with Crippen molar-refractivity contribution in [3.05, 3.63) is 63.1 Å². The van der Waals surface area contributed by atoms with E-state index in [4.69, 9.17) is 5.26 Å². The molecule has 0 aliphatic rings. The third-order valence-corrected chi connectivity index (χ3v) is 2.92. The number of hydrogen-bond donors (Lipinski definition) is 0. The topological polar surface area (TPSA) is 58.7 Å². The van der Waals surface area contributed by atoms with Crippen LogP contribution in [0.4, 0.5) is 0 Å². The van der Waals surface area contributed by atoms with Gasteiger partial charge in [-0.15, -0.1) is 0 Å². The Morgan fingerprint density at radius 2 is 1.94 bits per heavy atom. The molecule has 0 unspecified atom stereocenters. The Labute approximate surface area is 105 Å². The molecule has 18 heavy (non-hydrogen) atoms. The fourth-order valence-corrected chi connectivity index (χ4v) is 1.77. The Bertz CT molecular complexity index is 666. The minimum atomic E-state index is -0.329. The Morgan fingerprint density at radius 3 is 2.56 bits per heavy atom. The first-order valence-corrected chi connectivity index (χ1v) is 5.66. The maximum atomic E-state index is 12.1. The van der Waals surface area contributed by atoms with Gasteiger partial charge in [0, 0.05) is 0 Å². The van der Waals surface area contributed by atoms with Crippen LogP contribution in [0.5, 0.6) is 0 Å². The van der Waals surface area contributed by atoms with Crippen molar-refractivity contribution in [3.8, 4) is 6.07 Å².